The van der Waals surface area contributed by atoms with Gasteiger partial charge in [0, 0.05) is 6.54 Å². The van der Waals surface area contributed by atoms with Crippen LogP contribution in [0.4, 0.5) is 0 Å². The molecule has 0 saturated carbocycles. The maximum absolute atomic E-state index is 10.3. The molecule has 0 radical (unpaired) electrons. The molecule has 1 rings (SSSR count). The van der Waals surface area contributed by atoms with E-state index in [-0.39, 0.29) is 0 Å². The highest BCUT2D eigenvalue weighted by Crippen LogP contribution is 2.12. The van der Waals surface area contributed by atoms with E-state index in [4.69, 9.17) is 17.0 Å². The Hall–Kier alpha value is -2.15. The van der Waals surface area contributed by atoms with E-state index in [0.717, 1.165) is 17.8 Å². The molecule has 0 aliphatic rings. The quantitative estimate of drug-likeness (QED) is 0.437. The standard InChI is InChI=1S/C13H17N3O3S/c1-3-14-13(20)16-15-9(2)10-4-6-11(7-5-10)19-8-12(17)18/h4-7H,3,8H2,1-2H3,(H,17,18)(H2,14,16,20)/p-1/b15-9-. The van der Waals surface area contributed by atoms with Crippen LogP contribution in [0.2, 0.25) is 0 Å². The molecule has 0 saturated heterocycles. The first-order valence-electron chi connectivity index (χ1n) is 6.04. The summed E-state index contributed by atoms with van der Waals surface area (Å²) >= 11 is 4.99. The Labute approximate surface area is 122 Å². The fourth-order valence-corrected chi connectivity index (χ4v) is 1.52. The van der Waals surface area contributed by atoms with Crippen LogP contribution in [0.15, 0.2) is 29.4 Å². The van der Waals surface area contributed by atoms with Gasteiger partial charge >= 0.3 is 0 Å². The molecule has 0 aliphatic carbocycles. The van der Waals surface area contributed by atoms with E-state index >= 15 is 0 Å². The van der Waals surface area contributed by atoms with E-state index in [1.54, 1.807) is 24.3 Å². The molecule has 0 heterocycles. The molecule has 0 fully saturated rings. The van der Waals surface area contributed by atoms with Crippen LogP contribution in [0.25, 0.3) is 0 Å². The number of carbonyl (C=O) groups excluding carboxylic acids is 1. The number of hydrazone groups is 1. The SMILES string of the molecule is CCNC(=S)N/N=C(/C)c1ccc(OCC(=O)[O-])cc1. The Morgan fingerprint density at radius 3 is 2.60 bits per heavy atom. The number of benzene rings is 1. The van der Waals surface area contributed by atoms with Gasteiger partial charge in [0.25, 0.3) is 0 Å². The first-order valence-corrected chi connectivity index (χ1v) is 6.45. The van der Waals surface area contributed by atoms with Crippen molar-refractivity contribution in [1.82, 2.24) is 10.7 Å². The van der Waals surface area contributed by atoms with Crippen molar-refractivity contribution in [3.8, 4) is 5.75 Å². The van der Waals surface area contributed by atoms with Crippen LogP contribution >= 0.6 is 12.2 Å². The van der Waals surface area contributed by atoms with Crippen molar-refractivity contribution in [1.29, 1.82) is 0 Å². The molecule has 7 heteroatoms. The lowest BCUT2D eigenvalue weighted by Gasteiger charge is -2.08. The van der Waals surface area contributed by atoms with Gasteiger partial charge in [-0.2, -0.15) is 5.10 Å². The molecule has 2 N–H and O–H groups in total. The van der Waals surface area contributed by atoms with Gasteiger partial charge in [0.2, 0.25) is 0 Å². The minimum absolute atomic E-state index is 0.459. The summed E-state index contributed by atoms with van der Waals surface area (Å²) in [4.78, 5) is 10.3. The summed E-state index contributed by atoms with van der Waals surface area (Å²) in [6.07, 6.45) is 0. The molecule has 0 bridgehead atoms. The average molecular weight is 294 g/mol. The first-order chi connectivity index (χ1) is 9.52. The van der Waals surface area contributed by atoms with Crippen molar-refractivity contribution in [2.24, 2.45) is 5.10 Å². The Bertz CT molecular complexity index is 500. The van der Waals surface area contributed by atoms with Crippen LogP contribution in [-0.2, 0) is 4.79 Å². The topological polar surface area (TPSA) is 85.8 Å². The third kappa shape index (κ3) is 5.66. The smallest absolute Gasteiger partial charge is 0.186 e. The van der Waals surface area contributed by atoms with Gasteiger partial charge in [-0.25, -0.2) is 0 Å². The van der Waals surface area contributed by atoms with Gasteiger partial charge in [-0.15, -0.1) is 0 Å². The predicted molar refractivity (Wildman–Crippen MR) is 78.6 cm³/mol. The Balaban J connectivity index is 2.60. The Kier molecular flexibility index (Phi) is 6.45. The van der Waals surface area contributed by atoms with Crippen molar-refractivity contribution >= 4 is 29.0 Å². The third-order valence-corrected chi connectivity index (χ3v) is 2.53. The maximum Gasteiger partial charge on any atom is 0.186 e. The zero-order valence-corrected chi connectivity index (χ0v) is 12.1. The van der Waals surface area contributed by atoms with Gasteiger partial charge in [0.1, 0.15) is 12.4 Å². The molecule has 1 aromatic carbocycles. The highest BCUT2D eigenvalue weighted by molar-refractivity contribution is 7.80. The number of hydrogen-bond acceptors (Lipinski definition) is 5. The van der Waals surface area contributed by atoms with Crippen molar-refractivity contribution in [2.75, 3.05) is 13.2 Å². The number of carboxylic acid groups (broad SMARTS) is 1. The predicted octanol–water partition coefficient (Wildman–Crippen LogP) is 0.0233. The summed E-state index contributed by atoms with van der Waals surface area (Å²) in [5, 5.41) is 17.8. The highest BCUT2D eigenvalue weighted by atomic mass is 32.1. The minimum Gasteiger partial charge on any atom is -0.546 e. The minimum atomic E-state index is -1.26. The van der Waals surface area contributed by atoms with Gasteiger partial charge in [-0.05, 0) is 55.9 Å². The average Bonchev–Trinajstić information content (AvgIpc) is 2.43. The van der Waals surface area contributed by atoms with Crippen molar-refractivity contribution in [3.63, 3.8) is 0 Å². The monoisotopic (exact) mass is 294 g/mol. The van der Waals surface area contributed by atoms with E-state index in [1.807, 2.05) is 13.8 Å². The number of carbonyl (C=O) groups is 1. The molecule has 1 aromatic rings. The second-order valence-corrected chi connectivity index (χ2v) is 4.26. The first kappa shape index (κ1) is 15.9. The summed E-state index contributed by atoms with van der Waals surface area (Å²) < 4.78 is 4.98. The molecule has 0 atom stereocenters. The molecule has 108 valence electrons. The molecule has 0 unspecified atom stereocenters. The van der Waals surface area contributed by atoms with Crippen LogP contribution in [0.3, 0.4) is 0 Å². The van der Waals surface area contributed by atoms with Crippen LogP contribution in [0.5, 0.6) is 5.75 Å². The van der Waals surface area contributed by atoms with E-state index in [1.165, 1.54) is 0 Å². The molecule has 0 spiro atoms. The van der Waals surface area contributed by atoms with Crippen LogP contribution in [-0.4, -0.2) is 29.9 Å². The number of carboxylic acids is 1. The summed E-state index contributed by atoms with van der Waals surface area (Å²) in [7, 11) is 0. The summed E-state index contributed by atoms with van der Waals surface area (Å²) in [5.41, 5.74) is 4.35. The molecule has 0 aromatic heterocycles. The summed E-state index contributed by atoms with van der Waals surface area (Å²) in [6, 6.07) is 6.89. The van der Waals surface area contributed by atoms with Crippen LogP contribution < -0.4 is 20.6 Å². The lowest BCUT2D eigenvalue weighted by Crippen LogP contribution is -2.32. The van der Waals surface area contributed by atoms with E-state index in [0.29, 0.717) is 10.9 Å². The lowest BCUT2D eigenvalue weighted by atomic mass is 10.1. The van der Waals surface area contributed by atoms with Gasteiger partial charge in [-0.1, -0.05) is 0 Å². The number of hydrogen-bond donors (Lipinski definition) is 2. The molecule has 6 nitrogen and oxygen atoms in total. The molecule has 0 aliphatic heterocycles. The maximum atomic E-state index is 10.3. The summed E-state index contributed by atoms with van der Waals surface area (Å²) in [6.45, 7) is 4.03. The van der Waals surface area contributed by atoms with Crippen LogP contribution in [0, 0.1) is 0 Å². The number of aliphatic carboxylic acids is 1. The van der Waals surface area contributed by atoms with Gasteiger partial charge in [0.15, 0.2) is 5.11 Å². The largest absolute Gasteiger partial charge is 0.546 e. The van der Waals surface area contributed by atoms with Crippen molar-refractivity contribution in [3.05, 3.63) is 29.8 Å². The van der Waals surface area contributed by atoms with Crippen molar-refractivity contribution in [2.45, 2.75) is 13.8 Å². The van der Waals surface area contributed by atoms with Gasteiger partial charge in [-0.3, -0.25) is 5.43 Å². The third-order valence-electron chi connectivity index (χ3n) is 2.29. The molecule has 20 heavy (non-hydrogen) atoms. The number of nitrogens with one attached hydrogen (secondary N) is 2. The van der Waals surface area contributed by atoms with E-state index in [9.17, 15) is 9.90 Å². The zero-order chi connectivity index (χ0) is 15.0. The van der Waals surface area contributed by atoms with Crippen LogP contribution in [0.1, 0.15) is 19.4 Å². The fourth-order valence-electron chi connectivity index (χ4n) is 1.33. The van der Waals surface area contributed by atoms with E-state index in [2.05, 4.69) is 15.8 Å². The number of ether oxygens (including phenoxy) is 1. The number of nitrogens with zero attached hydrogens (tertiary/aromatic N) is 1. The zero-order valence-electron chi connectivity index (χ0n) is 11.3. The molecular formula is C13H16N3O3S-. The highest BCUT2D eigenvalue weighted by Gasteiger charge is 2.00. The second kappa shape index (κ2) is 8.11. The van der Waals surface area contributed by atoms with Gasteiger partial charge in [0.05, 0.1) is 11.7 Å². The number of rotatable bonds is 6. The lowest BCUT2D eigenvalue weighted by molar-refractivity contribution is -0.307. The summed E-state index contributed by atoms with van der Waals surface area (Å²) in [5.74, 6) is -0.796. The molecular weight excluding hydrogens is 278 g/mol. The second-order valence-electron chi connectivity index (χ2n) is 3.85. The van der Waals surface area contributed by atoms with Crippen molar-refractivity contribution < 1.29 is 14.6 Å². The van der Waals surface area contributed by atoms with E-state index < -0.39 is 12.6 Å². The fraction of sp³-hybridized carbons (Fsp3) is 0.308. The molecule has 0 amide bonds. The normalized spacial score (nSPS) is 10.8. The Morgan fingerprint density at radius 1 is 1.40 bits per heavy atom. The number of thiocarbonyl (C=S) groups is 1. The Morgan fingerprint density at radius 2 is 2.05 bits per heavy atom. The van der Waals surface area contributed by atoms with Gasteiger partial charge < -0.3 is 20.0 Å².